The van der Waals surface area contributed by atoms with Crippen molar-refractivity contribution in [2.75, 3.05) is 10.8 Å². The van der Waals surface area contributed by atoms with E-state index in [-0.39, 0.29) is 4.90 Å². The number of hydrogen-bond donors (Lipinski definition) is 1. The summed E-state index contributed by atoms with van der Waals surface area (Å²) in [5.74, 6) is -1.19. The summed E-state index contributed by atoms with van der Waals surface area (Å²) < 4.78 is 27.2. The molecular weight excluding hydrogens is 326 g/mol. The molecule has 0 aliphatic heterocycles. The van der Waals surface area contributed by atoms with Crippen LogP contribution >= 0.6 is 0 Å². The summed E-state index contributed by atoms with van der Waals surface area (Å²) in [6.07, 6.45) is 1.23. The van der Waals surface area contributed by atoms with Crippen LogP contribution in [0.15, 0.2) is 53.4 Å². The maximum absolute atomic E-state index is 13.1. The van der Waals surface area contributed by atoms with Crippen LogP contribution in [0.4, 0.5) is 5.69 Å². The number of anilines is 1. The zero-order valence-corrected chi connectivity index (χ0v) is 14.6. The SMILES string of the molecule is CCc1cccc(CC)c1N(CC(=O)O)S(=O)(=O)c1ccccc1. The highest BCUT2D eigenvalue weighted by Crippen LogP contribution is 2.31. The number of hydrogen-bond acceptors (Lipinski definition) is 3. The monoisotopic (exact) mass is 347 g/mol. The number of sulfonamides is 1. The average Bonchev–Trinajstić information content (AvgIpc) is 2.59. The Kier molecular flexibility index (Phi) is 5.62. The fraction of sp³-hybridized carbons (Fsp3) is 0.278. The Labute approximate surface area is 142 Å². The Morgan fingerprint density at radius 2 is 1.50 bits per heavy atom. The first kappa shape index (κ1) is 18.0. The maximum atomic E-state index is 13.1. The highest BCUT2D eigenvalue weighted by atomic mass is 32.2. The van der Waals surface area contributed by atoms with Crippen LogP contribution < -0.4 is 4.31 Å². The van der Waals surface area contributed by atoms with Gasteiger partial charge in [-0.3, -0.25) is 9.10 Å². The van der Waals surface area contributed by atoms with Crippen molar-refractivity contribution >= 4 is 21.7 Å². The third-order valence-electron chi connectivity index (χ3n) is 3.82. The number of para-hydroxylation sites is 1. The number of nitrogens with zero attached hydrogens (tertiary/aromatic N) is 1. The second kappa shape index (κ2) is 7.49. The van der Waals surface area contributed by atoms with Crippen molar-refractivity contribution < 1.29 is 18.3 Å². The molecule has 2 aromatic rings. The van der Waals surface area contributed by atoms with Crippen LogP contribution in [0.25, 0.3) is 0 Å². The Morgan fingerprint density at radius 1 is 0.958 bits per heavy atom. The van der Waals surface area contributed by atoms with Gasteiger partial charge in [-0.25, -0.2) is 8.42 Å². The van der Waals surface area contributed by atoms with E-state index in [1.165, 1.54) is 12.1 Å². The largest absolute Gasteiger partial charge is 0.480 e. The summed E-state index contributed by atoms with van der Waals surface area (Å²) >= 11 is 0. The van der Waals surface area contributed by atoms with Gasteiger partial charge in [0.15, 0.2) is 0 Å². The fourth-order valence-electron chi connectivity index (χ4n) is 2.66. The first-order chi connectivity index (χ1) is 11.4. The highest BCUT2D eigenvalue weighted by molar-refractivity contribution is 7.92. The second-order valence-electron chi connectivity index (χ2n) is 5.35. The van der Waals surface area contributed by atoms with Crippen molar-refractivity contribution in [3.05, 3.63) is 59.7 Å². The quantitative estimate of drug-likeness (QED) is 0.835. The predicted molar refractivity (Wildman–Crippen MR) is 93.8 cm³/mol. The van der Waals surface area contributed by atoms with Gasteiger partial charge in [0.1, 0.15) is 6.54 Å². The van der Waals surface area contributed by atoms with Crippen LogP contribution in [0.5, 0.6) is 0 Å². The number of benzene rings is 2. The lowest BCUT2D eigenvalue weighted by molar-refractivity contribution is -0.135. The third kappa shape index (κ3) is 3.59. The Hall–Kier alpha value is -2.34. The van der Waals surface area contributed by atoms with E-state index in [0.29, 0.717) is 18.5 Å². The number of aryl methyl sites for hydroxylation is 2. The van der Waals surface area contributed by atoms with E-state index in [1.54, 1.807) is 18.2 Å². The van der Waals surface area contributed by atoms with Crippen molar-refractivity contribution in [3.8, 4) is 0 Å². The maximum Gasteiger partial charge on any atom is 0.324 e. The number of carboxylic acids is 1. The molecule has 0 amide bonds. The summed E-state index contributed by atoms with van der Waals surface area (Å²) in [6, 6.07) is 13.5. The highest BCUT2D eigenvalue weighted by Gasteiger charge is 2.29. The molecule has 0 bridgehead atoms. The van der Waals surface area contributed by atoms with Gasteiger partial charge in [-0.05, 0) is 36.1 Å². The summed E-state index contributed by atoms with van der Waals surface area (Å²) in [7, 11) is -3.96. The Bertz CT molecular complexity index is 794. The van der Waals surface area contributed by atoms with Crippen LogP contribution in [0, 0.1) is 0 Å². The molecule has 2 aromatic carbocycles. The number of aliphatic carboxylic acids is 1. The molecule has 0 aliphatic rings. The van der Waals surface area contributed by atoms with Gasteiger partial charge in [0, 0.05) is 0 Å². The van der Waals surface area contributed by atoms with Crippen LogP contribution in [-0.4, -0.2) is 26.0 Å². The minimum Gasteiger partial charge on any atom is -0.480 e. The minimum atomic E-state index is -3.96. The lowest BCUT2D eigenvalue weighted by atomic mass is 10.0. The van der Waals surface area contributed by atoms with Crippen molar-refractivity contribution in [1.82, 2.24) is 0 Å². The number of carboxylic acid groups (broad SMARTS) is 1. The van der Waals surface area contributed by atoms with Gasteiger partial charge in [0.2, 0.25) is 0 Å². The standard InChI is InChI=1S/C18H21NO4S/c1-3-14-9-8-10-15(4-2)18(14)19(13-17(20)21)24(22,23)16-11-6-5-7-12-16/h5-12H,3-4,13H2,1-2H3,(H,20,21). The van der Waals surface area contributed by atoms with Crippen LogP contribution in [0.3, 0.4) is 0 Å². The van der Waals surface area contributed by atoms with E-state index in [1.807, 2.05) is 32.0 Å². The van der Waals surface area contributed by atoms with E-state index in [9.17, 15) is 18.3 Å². The lowest BCUT2D eigenvalue weighted by Gasteiger charge is -2.27. The smallest absolute Gasteiger partial charge is 0.324 e. The molecule has 0 heterocycles. The van der Waals surface area contributed by atoms with Gasteiger partial charge in [0.05, 0.1) is 10.6 Å². The third-order valence-corrected chi connectivity index (χ3v) is 5.58. The van der Waals surface area contributed by atoms with Crippen LogP contribution in [-0.2, 0) is 27.7 Å². The number of carbonyl (C=O) groups is 1. The summed E-state index contributed by atoms with van der Waals surface area (Å²) in [5.41, 5.74) is 2.11. The zero-order valence-electron chi connectivity index (χ0n) is 13.8. The van der Waals surface area contributed by atoms with Gasteiger partial charge in [-0.1, -0.05) is 50.2 Å². The van der Waals surface area contributed by atoms with Crippen LogP contribution in [0.1, 0.15) is 25.0 Å². The normalized spacial score (nSPS) is 11.2. The van der Waals surface area contributed by atoms with Gasteiger partial charge in [0.25, 0.3) is 10.0 Å². The first-order valence-electron chi connectivity index (χ1n) is 7.82. The molecule has 0 radical (unpaired) electrons. The van der Waals surface area contributed by atoms with Crippen LogP contribution in [0.2, 0.25) is 0 Å². The molecule has 6 heteroatoms. The first-order valence-corrected chi connectivity index (χ1v) is 9.26. The Balaban J connectivity index is 2.70. The minimum absolute atomic E-state index is 0.0826. The zero-order chi connectivity index (χ0) is 17.7. The number of rotatable bonds is 7. The molecule has 0 aromatic heterocycles. The summed E-state index contributed by atoms with van der Waals surface area (Å²) in [5, 5.41) is 9.28. The molecule has 0 unspecified atom stereocenters. The molecular formula is C18H21NO4S. The van der Waals surface area contributed by atoms with E-state index < -0.39 is 22.5 Å². The topological polar surface area (TPSA) is 74.7 Å². The molecule has 0 atom stereocenters. The van der Waals surface area contributed by atoms with E-state index in [4.69, 9.17) is 0 Å². The van der Waals surface area contributed by atoms with Crippen molar-refractivity contribution in [1.29, 1.82) is 0 Å². The molecule has 5 nitrogen and oxygen atoms in total. The molecule has 24 heavy (non-hydrogen) atoms. The van der Waals surface area contributed by atoms with Crippen molar-refractivity contribution in [3.63, 3.8) is 0 Å². The molecule has 2 rings (SSSR count). The fourth-order valence-corrected chi connectivity index (χ4v) is 4.17. The molecule has 0 saturated carbocycles. The Morgan fingerprint density at radius 3 is 1.96 bits per heavy atom. The molecule has 0 saturated heterocycles. The van der Waals surface area contributed by atoms with Gasteiger partial charge in [-0.2, -0.15) is 0 Å². The lowest BCUT2D eigenvalue weighted by Crippen LogP contribution is -2.37. The van der Waals surface area contributed by atoms with Gasteiger partial charge < -0.3 is 5.11 Å². The van der Waals surface area contributed by atoms with E-state index in [2.05, 4.69) is 0 Å². The van der Waals surface area contributed by atoms with Crippen molar-refractivity contribution in [2.24, 2.45) is 0 Å². The molecule has 128 valence electrons. The van der Waals surface area contributed by atoms with Crippen molar-refractivity contribution in [2.45, 2.75) is 31.6 Å². The van der Waals surface area contributed by atoms with Gasteiger partial charge >= 0.3 is 5.97 Å². The molecule has 0 aliphatic carbocycles. The average molecular weight is 347 g/mol. The molecule has 1 N–H and O–H groups in total. The second-order valence-corrected chi connectivity index (χ2v) is 7.21. The van der Waals surface area contributed by atoms with E-state index >= 15 is 0 Å². The summed E-state index contributed by atoms with van der Waals surface area (Å²) in [6.45, 7) is 3.24. The summed E-state index contributed by atoms with van der Waals surface area (Å²) in [4.78, 5) is 11.4. The molecule has 0 fully saturated rings. The van der Waals surface area contributed by atoms with E-state index in [0.717, 1.165) is 15.4 Å². The molecule has 0 spiro atoms. The van der Waals surface area contributed by atoms with Gasteiger partial charge in [-0.15, -0.1) is 0 Å². The predicted octanol–water partition coefficient (Wildman–Crippen LogP) is 3.09.